The number of benzene rings is 2. The molecule has 232 valence electrons. The lowest BCUT2D eigenvalue weighted by molar-refractivity contribution is -0.137. The quantitative estimate of drug-likeness (QED) is 0.172. The Bertz CT molecular complexity index is 1620. The van der Waals surface area contributed by atoms with Crippen molar-refractivity contribution in [2.45, 2.75) is 44.2 Å². The fourth-order valence-corrected chi connectivity index (χ4v) is 7.01. The van der Waals surface area contributed by atoms with E-state index in [9.17, 15) is 13.2 Å². The van der Waals surface area contributed by atoms with E-state index in [1.165, 1.54) is 26.0 Å². The maximum atomic E-state index is 13.6. The summed E-state index contributed by atoms with van der Waals surface area (Å²) in [6.07, 6.45) is 0.737. The van der Waals surface area contributed by atoms with Gasteiger partial charge in [0.2, 0.25) is 15.9 Å². The van der Waals surface area contributed by atoms with Crippen molar-refractivity contribution in [1.29, 1.82) is 0 Å². The van der Waals surface area contributed by atoms with Gasteiger partial charge in [0.15, 0.2) is 5.96 Å². The number of carbonyl (C=O) groups excluding carboxylic acids is 1. The summed E-state index contributed by atoms with van der Waals surface area (Å²) in [5.41, 5.74) is 11.9. The number of fused-ring (bicyclic) bond motifs is 1. The molecule has 1 aromatic heterocycles. The molecule has 1 aliphatic heterocycles. The van der Waals surface area contributed by atoms with Crippen molar-refractivity contribution in [3.8, 4) is 5.75 Å². The average molecular weight is 651 g/mol. The largest absolute Gasteiger partial charge is 0.487 e. The second kappa shape index (κ2) is 13.6. The van der Waals surface area contributed by atoms with Gasteiger partial charge < -0.3 is 26.0 Å². The number of nitrogens with one attached hydrogen (secondary N) is 1. The number of ether oxygens (including phenoxy) is 1. The Morgan fingerprint density at radius 2 is 1.79 bits per heavy atom. The zero-order valence-electron chi connectivity index (χ0n) is 24.4. The fourth-order valence-electron chi connectivity index (χ4n) is 4.75. The SMILES string of the molecule is Cc1ccc2cccc(OCc3c(Cl)ccc(S(=O)(=O)NC(C)(C)C(=O)N4CCN(C(N)=NCCCN)CC4)c3Cl)c2n1. The van der Waals surface area contributed by atoms with Gasteiger partial charge in [0, 0.05) is 54.4 Å². The predicted octanol–water partition coefficient (Wildman–Crippen LogP) is 3.29. The van der Waals surface area contributed by atoms with E-state index in [0.717, 1.165) is 17.5 Å². The number of carbonyl (C=O) groups is 1. The Labute approximate surface area is 262 Å². The normalized spacial score (nSPS) is 14.8. The molecule has 4 rings (SSSR count). The number of guanidine groups is 1. The molecule has 5 N–H and O–H groups in total. The number of halogens is 2. The van der Waals surface area contributed by atoms with Crippen molar-refractivity contribution in [1.82, 2.24) is 19.5 Å². The van der Waals surface area contributed by atoms with Gasteiger partial charge in [-0.15, -0.1) is 0 Å². The maximum Gasteiger partial charge on any atom is 0.243 e. The number of aromatic nitrogens is 1. The third kappa shape index (κ3) is 7.68. The van der Waals surface area contributed by atoms with Gasteiger partial charge in [-0.05, 0) is 58.0 Å². The van der Waals surface area contributed by atoms with Crippen LogP contribution in [-0.4, -0.2) is 79.9 Å². The standard InChI is InChI=1S/C29H37Cl2N7O4S/c1-19-8-9-20-6-4-7-23(26(20)35-19)42-18-21-22(30)10-11-24(25(21)31)43(40,41)36-29(2,3)27(39)37-14-16-38(17-15-37)28(33)34-13-5-12-32/h4,6-11,36H,5,12-18,32H2,1-3H3,(H2,33,34). The van der Waals surface area contributed by atoms with Crippen molar-refractivity contribution in [3.63, 3.8) is 0 Å². The number of hydrogen-bond donors (Lipinski definition) is 3. The zero-order chi connectivity index (χ0) is 31.4. The van der Waals surface area contributed by atoms with E-state index in [4.69, 9.17) is 39.4 Å². The molecule has 1 fully saturated rings. The maximum absolute atomic E-state index is 13.6. The molecule has 14 heteroatoms. The molecule has 2 aromatic carbocycles. The number of para-hydroxylation sites is 1. The summed E-state index contributed by atoms with van der Waals surface area (Å²) in [7, 11) is -4.25. The van der Waals surface area contributed by atoms with Crippen LogP contribution in [0.4, 0.5) is 0 Å². The Hall–Kier alpha value is -3.16. The van der Waals surface area contributed by atoms with Gasteiger partial charge in [0.1, 0.15) is 28.3 Å². The monoisotopic (exact) mass is 649 g/mol. The third-order valence-corrected chi connectivity index (χ3v) is 9.68. The topological polar surface area (TPSA) is 156 Å². The van der Waals surface area contributed by atoms with Gasteiger partial charge in [-0.3, -0.25) is 9.79 Å². The average Bonchev–Trinajstić information content (AvgIpc) is 2.96. The van der Waals surface area contributed by atoms with Gasteiger partial charge in [0.25, 0.3) is 0 Å². The molecule has 1 saturated heterocycles. The second-order valence-corrected chi connectivity index (χ2v) is 13.2. The highest BCUT2D eigenvalue weighted by Crippen LogP contribution is 2.34. The Morgan fingerprint density at radius 1 is 1.09 bits per heavy atom. The van der Waals surface area contributed by atoms with Crippen LogP contribution in [0.5, 0.6) is 5.75 Å². The number of amides is 1. The van der Waals surface area contributed by atoms with E-state index < -0.39 is 15.6 Å². The molecule has 3 aromatic rings. The number of nitrogens with two attached hydrogens (primary N) is 2. The third-order valence-electron chi connectivity index (χ3n) is 7.09. The van der Waals surface area contributed by atoms with Crippen LogP contribution in [0, 0.1) is 6.92 Å². The molecule has 1 amide bonds. The summed E-state index contributed by atoms with van der Waals surface area (Å²) in [6.45, 7) is 7.58. The molecule has 0 bridgehead atoms. The van der Waals surface area contributed by atoms with Gasteiger partial charge in [-0.1, -0.05) is 41.4 Å². The fraction of sp³-hybridized carbons (Fsp3) is 0.414. The van der Waals surface area contributed by atoms with E-state index in [2.05, 4.69) is 14.7 Å². The summed E-state index contributed by atoms with van der Waals surface area (Å²) >= 11 is 13.1. The number of aryl methyl sites for hydroxylation is 1. The van der Waals surface area contributed by atoms with E-state index >= 15 is 0 Å². The Balaban J connectivity index is 1.47. The van der Waals surface area contributed by atoms with Crippen LogP contribution in [-0.2, 0) is 21.4 Å². The summed E-state index contributed by atoms with van der Waals surface area (Å²) in [6, 6.07) is 12.1. The molecule has 0 saturated carbocycles. The van der Waals surface area contributed by atoms with Crippen LogP contribution in [0.1, 0.15) is 31.5 Å². The molecular weight excluding hydrogens is 613 g/mol. The minimum absolute atomic E-state index is 0.0920. The van der Waals surface area contributed by atoms with Crippen LogP contribution in [0.2, 0.25) is 10.0 Å². The smallest absolute Gasteiger partial charge is 0.243 e. The lowest BCUT2D eigenvalue weighted by Crippen LogP contribution is -2.60. The van der Waals surface area contributed by atoms with Gasteiger partial charge in [-0.25, -0.2) is 13.4 Å². The first-order valence-corrected chi connectivity index (χ1v) is 16.1. The van der Waals surface area contributed by atoms with Crippen LogP contribution in [0.25, 0.3) is 10.9 Å². The summed E-state index contributed by atoms with van der Waals surface area (Å²) in [5.74, 6) is 0.543. The predicted molar refractivity (Wildman–Crippen MR) is 170 cm³/mol. The van der Waals surface area contributed by atoms with Crippen LogP contribution >= 0.6 is 23.2 Å². The Morgan fingerprint density at radius 3 is 2.49 bits per heavy atom. The minimum atomic E-state index is -4.25. The molecule has 0 atom stereocenters. The van der Waals surface area contributed by atoms with E-state index in [-0.39, 0.29) is 27.5 Å². The highest BCUT2D eigenvalue weighted by Gasteiger charge is 2.38. The molecular formula is C29H37Cl2N7O4S. The van der Waals surface area contributed by atoms with Gasteiger partial charge in [-0.2, -0.15) is 4.72 Å². The van der Waals surface area contributed by atoms with Crippen molar-refractivity contribution in [2.75, 3.05) is 39.3 Å². The molecule has 0 unspecified atom stereocenters. The number of hydrogen-bond acceptors (Lipinski definition) is 7. The molecule has 0 spiro atoms. The summed E-state index contributed by atoms with van der Waals surface area (Å²) in [5, 5.41) is 1.05. The first-order valence-electron chi connectivity index (χ1n) is 13.9. The van der Waals surface area contributed by atoms with Crippen molar-refractivity contribution >= 4 is 56.0 Å². The highest BCUT2D eigenvalue weighted by atomic mass is 35.5. The first-order chi connectivity index (χ1) is 20.3. The van der Waals surface area contributed by atoms with Crippen LogP contribution in [0.3, 0.4) is 0 Å². The molecule has 0 radical (unpaired) electrons. The first kappa shape index (κ1) is 32.7. The van der Waals surface area contributed by atoms with Crippen molar-refractivity contribution in [2.24, 2.45) is 16.5 Å². The number of aliphatic imine (C=N–C) groups is 1. The number of sulfonamides is 1. The van der Waals surface area contributed by atoms with Gasteiger partial charge in [0.05, 0.1) is 5.02 Å². The van der Waals surface area contributed by atoms with E-state index in [0.29, 0.717) is 62.1 Å². The number of pyridine rings is 1. The zero-order valence-corrected chi connectivity index (χ0v) is 26.8. The number of rotatable bonds is 10. The second-order valence-electron chi connectivity index (χ2n) is 10.8. The highest BCUT2D eigenvalue weighted by molar-refractivity contribution is 7.89. The van der Waals surface area contributed by atoms with Crippen LogP contribution in [0.15, 0.2) is 52.4 Å². The molecule has 1 aliphatic rings. The number of nitrogens with zero attached hydrogens (tertiary/aromatic N) is 4. The molecule has 0 aliphatic carbocycles. The molecule has 43 heavy (non-hydrogen) atoms. The lowest BCUT2D eigenvalue weighted by Gasteiger charge is -2.39. The van der Waals surface area contributed by atoms with E-state index in [1.807, 2.05) is 36.1 Å². The van der Waals surface area contributed by atoms with Crippen molar-refractivity contribution < 1.29 is 17.9 Å². The van der Waals surface area contributed by atoms with Crippen LogP contribution < -0.4 is 20.9 Å². The summed E-state index contributed by atoms with van der Waals surface area (Å²) in [4.78, 5) is 25.6. The number of piperazine rings is 1. The van der Waals surface area contributed by atoms with E-state index in [1.54, 1.807) is 11.0 Å². The molecule has 11 nitrogen and oxygen atoms in total. The Kier molecular flexibility index (Phi) is 10.4. The van der Waals surface area contributed by atoms with Gasteiger partial charge >= 0.3 is 0 Å². The van der Waals surface area contributed by atoms with Crippen molar-refractivity contribution in [3.05, 3.63) is 63.8 Å². The lowest BCUT2D eigenvalue weighted by atomic mass is 10.0. The molecule has 2 heterocycles. The summed E-state index contributed by atoms with van der Waals surface area (Å²) < 4.78 is 35.7. The minimum Gasteiger partial charge on any atom is -0.487 e.